The molecule has 3 fully saturated rings. The number of rotatable bonds is 9. The van der Waals surface area contributed by atoms with Crippen molar-refractivity contribution in [1.29, 1.82) is 0 Å². The van der Waals surface area contributed by atoms with Crippen LogP contribution in [0, 0.1) is 0 Å². The molecule has 0 atom stereocenters. The first kappa shape index (κ1) is 25.7. The van der Waals surface area contributed by atoms with Crippen molar-refractivity contribution >= 4 is 33.0 Å². The number of hydrogen-bond acceptors (Lipinski definition) is 8. The molecule has 5 rings (SSSR count). The van der Waals surface area contributed by atoms with E-state index >= 15 is 0 Å². The number of anilines is 2. The molecule has 0 radical (unpaired) electrons. The van der Waals surface area contributed by atoms with Crippen LogP contribution >= 0.6 is 0 Å². The van der Waals surface area contributed by atoms with Crippen LogP contribution in [0.4, 0.5) is 11.8 Å². The number of imidazole rings is 1. The van der Waals surface area contributed by atoms with Crippen molar-refractivity contribution in [2.24, 2.45) is 5.73 Å². The number of nitrogens with one attached hydrogen (secondary N) is 2. The highest BCUT2D eigenvalue weighted by Gasteiger charge is 2.29. The van der Waals surface area contributed by atoms with Gasteiger partial charge in [0.2, 0.25) is 16.0 Å². The smallest absolute Gasteiger partial charge is 0.227 e. The fourth-order valence-electron chi connectivity index (χ4n) is 5.90. The summed E-state index contributed by atoms with van der Waals surface area (Å²) >= 11 is 0. The van der Waals surface area contributed by atoms with Crippen LogP contribution in [0.3, 0.4) is 0 Å². The average Bonchev–Trinajstić information content (AvgIpc) is 3.55. The number of hydrogen-bond donors (Lipinski definition) is 3. The highest BCUT2D eigenvalue weighted by Crippen LogP contribution is 2.34. The van der Waals surface area contributed by atoms with Gasteiger partial charge in [-0.25, -0.2) is 17.7 Å². The van der Waals surface area contributed by atoms with Crippen molar-refractivity contribution in [3.63, 3.8) is 0 Å². The van der Waals surface area contributed by atoms with Gasteiger partial charge in [0.25, 0.3) is 0 Å². The lowest BCUT2D eigenvalue weighted by atomic mass is 9.92. The summed E-state index contributed by atoms with van der Waals surface area (Å²) in [5, 5.41) is 7.20. The van der Waals surface area contributed by atoms with Crippen molar-refractivity contribution in [2.45, 2.75) is 108 Å². The van der Waals surface area contributed by atoms with E-state index in [-0.39, 0.29) is 11.8 Å². The van der Waals surface area contributed by atoms with Gasteiger partial charge >= 0.3 is 0 Å². The number of aromatic nitrogens is 4. The molecule has 200 valence electrons. The fraction of sp³-hybridized carbons (Fsp3) is 0.800. The Morgan fingerprint density at radius 1 is 0.972 bits per heavy atom. The first-order valence-electron chi connectivity index (χ1n) is 13.9. The van der Waals surface area contributed by atoms with E-state index < -0.39 is 10.0 Å². The van der Waals surface area contributed by atoms with Gasteiger partial charge in [0.15, 0.2) is 17.0 Å². The summed E-state index contributed by atoms with van der Waals surface area (Å²) in [5.41, 5.74) is 7.79. The molecular weight excluding hydrogens is 476 g/mol. The van der Waals surface area contributed by atoms with E-state index in [0.29, 0.717) is 43.6 Å². The number of nitrogens with zero attached hydrogens (tertiary/aromatic N) is 5. The summed E-state index contributed by atoms with van der Waals surface area (Å²) in [6.07, 6.45) is 13.9. The molecule has 2 aromatic heterocycles. The van der Waals surface area contributed by atoms with Gasteiger partial charge in [-0.15, -0.1) is 0 Å². The maximum Gasteiger partial charge on any atom is 0.227 e. The quantitative estimate of drug-likeness (QED) is 0.459. The normalized spacial score (nSPS) is 24.9. The first-order chi connectivity index (χ1) is 17.4. The van der Waals surface area contributed by atoms with E-state index in [1.807, 2.05) is 13.3 Å². The van der Waals surface area contributed by atoms with E-state index in [9.17, 15) is 8.42 Å². The van der Waals surface area contributed by atoms with Gasteiger partial charge in [-0.2, -0.15) is 9.97 Å². The molecule has 3 aliphatic rings. The Balaban J connectivity index is 1.34. The van der Waals surface area contributed by atoms with Gasteiger partial charge in [-0.3, -0.25) is 0 Å². The van der Waals surface area contributed by atoms with E-state index in [1.165, 1.54) is 12.8 Å². The Bertz CT molecular complexity index is 1110. The molecular formula is C25H42N8O2S. The molecule has 3 heterocycles. The highest BCUT2D eigenvalue weighted by atomic mass is 32.2. The Kier molecular flexibility index (Phi) is 7.97. The molecule has 4 N–H and O–H groups in total. The van der Waals surface area contributed by atoms with Crippen molar-refractivity contribution in [3.05, 3.63) is 6.33 Å². The minimum atomic E-state index is -3.16. The molecule has 1 saturated heterocycles. The molecule has 11 heteroatoms. The van der Waals surface area contributed by atoms with Crippen molar-refractivity contribution in [1.82, 2.24) is 23.8 Å². The van der Waals surface area contributed by atoms with Gasteiger partial charge in [-0.1, -0.05) is 26.2 Å². The summed E-state index contributed by atoms with van der Waals surface area (Å²) in [5.74, 6) is 1.64. The zero-order chi connectivity index (χ0) is 25.1. The van der Waals surface area contributed by atoms with Crippen LogP contribution < -0.4 is 16.4 Å². The lowest BCUT2D eigenvalue weighted by Gasteiger charge is -2.32. The highest BCUT2D eigenvalue weighted by molar-refractivity contribution is 7.89. The van der Waals surface area contributed by atoms with Crippen LogP contribution in [0.25, 0.3) is 11.2 Å². The minimum absolute atomic E-state index is 0.151. The molecule has 10 nitrogen and oxygen atoms in total. The largest absolute Gasteiger partial charge is 0.365 e. The predicted octanol–water partition coefficient (Wildman–Crippen LogP) is 3.63. The second-order valence-electron chi connectivity index (χ2n) is 10.9. The van der Waals surface area contributed by atoms with Gasteiger partial charge < -0.3 is 20.9 Å². The van der Waals surface area contributed by atoms with E-state index in [0.717, 1.165) is 74.8 Å². The second kappa shape index (κ2) is 11.2. The monoisotopic (exact) mass is 518 g/mol. The van der Waals surface area contributed by atoms with Crippen LogP contribution in [0.1, 0.15) is 90.0 Å². The second-order valence-corrected chi connectivity index (χ2v) is 13.0. The van der Waals surface area contributed by atoms with Gasteiger partial charge in [0, 0.05) is 37.3 Å². The summed E-state index contributed by atoms with van der Waals surface area (Å²) in [4.78, 5) is 14.6. The topological polar surface area (TPSA) is 131 Å². The maximum absolute atomic E-state index is 12.6. The van der Waals surface area contributed by atoms with Crippen LogP contribution in [0.5, 0.6) is 0 Å². The summed E-state index contributed by atoms with van der Waals surface area (Å²) in [6.45, 7) is 3.11. The number of nitrogens with two attached hydrogens (primary N) is 1. The molecule has 0 amide bonds. The predicted molar refractivity (Wildman–Crippen MR) is 144 cm³/mol. The van der Waals surface area contributed by atoms with Crippen molar-refractivity contribution in [2.75, 3.05) is 29.5 Å². The molecule has 0 spiro atoms. The Morgan fingerprint density at radius 2 is 1.67 bits per heavy atom. The molecule has 2 saturated carbocycles. The number of sulfonamides is 1. The van der Waals surface area contributed by atoms with Crippen molar-refractivity contribution < 1.29 is 8.42 Å². The van der Waals surface area contributed by atoms with Crippen LogP contribution in [-0.2, 0) is 10.0 Å². The Hall–Kier alpha value is -1.98. The van der Waals surface area contributed by atoms with Crippen LogP contribution in [0.2, 0.25) is 0 Å². The van der Waals surface area contributed by atoms with Crippen LogP contribution in [-0.4, -0.2) is 69.2 Å². The average molecular weight is 519 g/mol. The molecule has 0 unspecified atom stereocenters. The third-order valence-electron chi connectivity index (χ3n) is 8.19. The fourth-order valence-corrected chi connectivity index (χ4v) is 7.58. The van der Waals surface area contributed by atoms with Gasteiger partial charge in [-0.05, 0) is 57.8 Å². The van der Waals surface area contributed by atoms with E-state index in [2.05, 4.69) is 15.2 Å². The number of unbranched alkanes of at least 4 members (excludes halogenated alkanes) is 1. The molecule has 1 aliphatic heterocycles. The molecule has 2 aromatic rings. The number of piperidine rings is 1. The zero-order valence-corrected chi connectivity index (χ0v) is 22.3. The summed E-state index contributed by atoms with van der Waals surface area (Å²) in [6, 6.07) is 1.21. The van der Waals surface area contributed by atoms with Gasteiger partial charge in [0.05, 0.1) is 12.1 Å². The minimum Gasteiger partial charge on any atom is -0.365 e. The molecule has 36 heavy (non-hydrogen) atoms. The van der Waals surface area contributed by atoms with Crippen LogP contribution in [0.15, 0.2) is 6.33 Å². The van der Waals surface area contributed by atoms with E-state index in [4.69, 9.17) is 20.7 Å². The Morgan fingerprint density at radius 3 is 2.36 bits per heavy atom. The lowest BCUT2D eigenvalue weighted by Crippen LogP contribution is -2.43. The SMILES string of the molecule is CCCCS(=O)(=O)N1CCC(Nc2nc(N[C@H]3CC[C@H](N)CC3)nc3c2ncn3C2CCCC2)CC1. The summed E-state index contributed by atoms with van der Waals surface area (Å²) in [7, 11) is -3.16. The van der Waals surface area contributed by atoms with E-state index in [1.54, 1.807) is 4.31 Å². The molecule has 0 bridgehead atoms. The summed E-state index contributed by atoms with van der Waals surface area (Å²) < 4.78 is 29.1. The molecule has 0 aromatic carbocycles. The number of fused-ring (bicyclic) bond motifs is 1. The first-order valence-corrected chi connectivity index (χ1v) is 15.5. The lowest BCUT2D eigenvalue weighted by molar-refractivity contribution is 0.329. The Labute approximate surface area is 214 Å². The third-order valence-corrected chi connectivity index (χ3v) is 10.1. The van der Waals surface area contributed by atoms with Gasteiger partial charge in [0.1, 0.15) is 0 Å². The molecule has 2 aliphatic carbocycles. The maximum atomic E-state index is 12.6. The zero-order valence-electron chi connectivity index (χ0n) is 21.5. The van der Waals surface area contributed by atoms with Crippen molar-refractivity contribution in [3.8, 4) is 0 Å². The standard InChI is InChI=1S/C25H42N8O2S/c1-2-3-16-36(34,35)32-14-12-20(13-15-32)28-23-22-24(33(17-27-22)21-6-4-5-7-21)31-25(30-23)29-19-10-8-18(26)9-11-19/h17-21H,2-16,26H2,1H3,(H2,28,29,30,31)/t18-,19-. The third kappa shape index (κ3) is 5.78.